The molecule has 5 nitrogen and oxygen atoms in total. The van der Waals surface area contributed by atoms with E-state index < -0.39 is 11.9 Å². The molecule has 1 atom stereocenters. The van der Waals surface area contributed by atoms with E-state index in [0.717, 1.165) is 0 Å². The van der Waals surface area contributed by atoms with Crippen molar-refractivity contribution in [2.24, 2.45) is 11.7 Å². The van der Waals surface area contributed by atoms with Gasteiger partial charge in [-0.25, -0.2) is 0 Å². The number of hydrogen-bond acceptors (Lipinski definition) is 3. The van der Waals surface area contributed by atoms with Crippen LogP contribution in [0.25, 0.3) is 0 Å². The molecular formula is C19H22N2O3. The summed E-state index contributed by atoms with van der Waals surface area (Å²) < 4.78 is 5.62. The Kier molecular flexibility index (Phi) is 5.95. The monoisotopic (exact) mass is 326 g/mol. The van der Waals surface area contributed by atoms with Crippen LogP contribution in [0.2, 0.25) is 0 Å². The summed E-state index contributed by atoms with van der Waals surface area (Å²) in [5.74, 6) is 0.0194. The number of nitrogens with one attached hydrogen (secondary N) is 1. The molecule has 5 heteroatoms. The molecule has 0 aliphatic heterocycles. The molecule has 3 N–H and O–H groups in total. The molecule has 0 fully saturated rings. The third-order valence-electron chi connectivity index (χ3n) is 3.37. The Labute approximate surface area is 141 Å². The van der Waals surface area contributed by atoms with Gasteiger partial charge >= 0.3 is 0 Å². The Bertz CT molecular complexity index is 699. The molecule has 0 heterocycles. The highest BCUT2D eigenvalue weighted by molar-refractivity contribution is 5.97. The Morgan fingerprint density at radius 1 is 1.08 bits per heavy atom. The van der Waals surface area contributed by atoms with Crippen molar-refractivity contribution in [2.75, 3.05) is 6.61 Å². The molecule has 0 spiro atoms. The molecule has 24 heavy (non-hydrogen) atoms. The zero-order valence-electron chi connectivity index (χ0n) is 13.9. The molecule has 0 bridgehead atoms. The quantitative estimate of drug-likeness (QED) is 0.821. The molecule has 0 radical (unpaired) electrons. The molecule has 1 unspecified atom stereocenters. The number of carbonyl (C=O) groups is 2. The van der Waals surface area contributed by atoms with Crippen molar-refractivity contribution < 1.29 is 14.3 Å². The molecule has 0 saturated heterocycles. The van der Waals surface area contributed by atoms with E-state index in [1.807, 2.05) is 19.9 Å². The maximum Gasteiger partial charge on any atom is 0.252 e. The number of hydrogen-bond donors (Lipinski definition) is 2. The van der Waals surface area contributed by atoms with Gasteiger partial charge in [0.25, 0.3) is 5.91 Å². The lowest BCUT2D eigenvalue weighted by atomic mass is 10.1. The van der Waals surface area contributed by atoms with Crippen LogP contribution in [0.5, 0.6) is 5.75 Å². The number of nitrogens with two attached hydrogens (primary N) is 1. The summed E-state index contributed by atoms with van der Waals surface area (Å²) in [4.78, 5) is 24.1. The summed E-state index contributed by atoms with van der Waals surface area (Å²) in [6, 6.07) is 14.9. The standard InChI is InChI=1S/C19H22N2O3/c1-13(2)12-24-16-10-6-9-15(11-16)19(23)21-17(18(20)22)14-7-4-3-5-8-14/h3-11,13,17H,12H2,1-2H3,(H2,20,22)(H,21,23). The molecule has 2 rings (SSSR count). The minimum atomic E-state index is -0.876. The highest BCUT2D eigenvalue weighted by atomic mass is 16.5. The van der Waals surface area contributed by atoms with Crippen LogP contribution in [0.3, 0.4) is 0 Å². The normalized spacial score (nSPS) is 11.8. The van der Waals surface area contributed by atoms with Gasteiger partial charge < -0.3 is 15.8 Å². The molecule has 2 amide bonds. The lowest BCUT2D eigenvalue weighted by Gasteiger charge is -2.16. The first-order valence-electron chi connectivity index (χ1n) is 7.85. The fourth-order valence-corrected chi connectivity index (χ4v) is 2.17. The summed E-state index contributed by atoms with van der Waals surface area (Å²) >= 11 is 0. The van der Waals surface area contributed by atoms with Crippen LogP contribution in [0.1, 0.15) is 35.8 Å². The second-order valence-electron chi connectivity index (χ2n) is 5.95. The van der Waals surface area contributed by atoms with E-state index in [1.165, 1.54) is 0 Å². The average molecular weight is 326 g/mol. The van der Waals surface area contributed by atoms with Crippen LogP contribution in [0, 0.1) is 5.92 Å². The first-order chi connectivity index (χ1) is 11.5. The molecule has 2 aromatic carbocycles. The van der Waals surface area contributed by atoms with Crippen molar-refractivity contribution in [3.63, 3.8) is 0 Å². The van der Waals surface area contributed by atoms with E-state index in [-0.39, 0.29) is 5.91 Å². The molecule has 0 aliphatic rings. The number of primary amides is 1. The van der Waals surface area contributed by atoms with Crippen molar-refractivity contribution in [1.82, 2.24) is 5.32 Å². The van der Waals surface area contributed by atoms with E-state index in [9.17, 15) is 9.59 Å². The van der Waals surface area contributed by atoms with Crippen LogP contribution in [-0.4, -0.2) is 18.4 Å². The van der Waals surface area contributed by atoms with Crippen LogP contribution in [0.4, 0.5) is 0 Å². The smallest absolute Gasteiger partial charge is 0.252 e. The van der Waals surface area contributed by atoms with Crippen molar-refractivity contribution >= 4 is 11.8 Å². The van der Waals surface area contributed by atoms with Crippen LogP contribution < -0.4 is 15.8 Å². The summed E-state index contributed by atoms with van der Waals surface area (Å²) in [5, 5.41) is 2.67. The van der Waals surface area contributed by atoms with Crippen LogP contribution in [-0.2, 0) is 4.79 Å². The Balaban J connectivity index is 2.13. The highest BCUT2D eigenvalue weighted by Crippen LogP contribution is 2.17. The average Bonchev–Trinajstić information content (AvgIpc) is 2.58. The third kappa shape index (κ3) is 4.84. The maximum absolute atomic E-state index is 12.4. The Morgan fingerprint density at radius 3 is 2.42 bits per heavy atom. The van der Waals surface area contributed by atoms with Crippen molar-refractivity contribution in [1.29, 1.82) is 0 Å². The maximum atomic E-state index is 12.4. The third-order valence-corrected chi connectivity index (χ3v) is 3.37. The zero-order valence-corrected chi connectivity index (χ0v) is 13.9. The second kappa shape index (κ2) is 8.15. The van der Waals surface area contributed by atoms with Gasteiger partial charge in [0.2, 0.25) is 5.91 Å². The summed E-state index contributed by atoms with van der Waals surface area (Å²) in [5.41, 5.74) is 6.49. The van der Waals surface area contributed by atoms with Crippen LogP contribution >= 0.6 is 0 Å². The van der Waals surface area contributed by atoms with Gasteiger partial charge in [-0.05, 0) is 29.7 Å². The highest BCUT2D eigenvalue weighted by Gasteiger charge is 2.20. The Hall–Kier alpha value is -2.82. The van der Waals surface area contributed by atoms with Crippen molar-refractivity contribution in [3.05, 3.63) is 65.7 Å². The van der Waals surface area contributed by atoms with Gasteiger partial charge in [-0.3, -0.25) is 9.59 Å². The first kappa shape index (κ1) is 17.5. The van der Waals surface area contributed by atoms with Crippen molar-refractivity contribution in [2.45, 2.75) is 19.9 Å². The Morgan fingerprint density at radius 2 is 1.79 bits per heavy atom. The lowest BCUT2D eigenvalue weighted by Crippen LogP contribution is -2.37. The predicted molar refractivity (Wildman–Crippen MR) is 92.6 cm³/mol. The van der Waals surface area contributed by atoms with E-state index in [0.29, 0.717) is 29.4 Å². The van der Waals surface area contributed by atoms with E-state index in [1.54, 1.807) is 48.5 Å². The van der Waals surface area contributed by atoms with Gasteiger partial charge in [-0.2, -0.15) is 0 Å². The topological polar surface area (TPSA) is 81.4 Å². The largest absolute Gasteiger partial charge is 0.493 e. The van der Waals surface area contributed by atoms with Crippen LogP contribution in [0.15, 0.2) is 54.6 Å². The van der Waals surface area contributed by atoms with Gasteiger partial charge in [0.05, 0.1) is 6.61 Å². The van der Waals surface area contributed by atoms with E-state index >= 15 is 0 Å². The minimum Gasteiger partial charge on any atom is -0.493 e. The zero-order chi connectivity index (χ0) is 17.5. The number of benzene rings is 2. The first-order valence-corrected chi connectivity index (χ1v) is 7.85. The summed E-state index contributed by atoms with van der Waals surface area (Å²) in [6.07, 6.45) is 0. The van der Waals surface area contributed by atoms with Gasteiger partial charge in [-0.15, -0.1) is 0 Å². The SMILES string of the molecule is CC(C)COc1cccc(C(=O)NC(C(N)=O)c2ccccc2)c1. The molecule has 0 aliphatic carbocycles. The van der Waals surface area contributed by atoms with Gasteiger partial charge in [0, 0.05) is 5.56 Å². The molecular weight excluding hydrogens is 304 g/mol. The molecule has 126 valence electrons. The lowest BCUT2D eigenvalue weighted by molar-refractivity contribution is -0.120. The van der Waals surface area contributed by atoms with Gasteiger partial charge in [-0.1, -0.05) is 50.2 Å². The minimum absolute atomic E-state index is 0.377. The fourth-order valence-electron chi connectivity index (χ4n) is 2.17. The molecule has 0 saturated carbocycles. The molecule has 0 aromatic heterocycles. The van der Waals surface area contributed by atoms with E-state index in [2.05, 4.69) is 5.32 Å². The molecule has 2 aromatic rings. The second-order valence-corrected chi connectivity index (χ2v) is 5.95. The summed E-state index contributed by atoms with van der Waals surface area (Å²) in [6.45, 7) is 4.67. The number of ether oxygens (including phenoxy) is 1. The predicted octanol–water partition coefficient (Wildman–Crippen LogP) is 2.68. The van der Waals surface area contributed by atoms with E-state index in [4.69, 9.17) is 10.5 Å². The number of amides is 2. The van der Waals surface area contributed by atoms with Crippen molar-refractivity contribution in [3.8, 4) is 5.75 Å². The number of carbonyl (C=O) groups excluding carboxylic acids is 2. The van der Waals surface area contributed by atoms with Gasteiger partial charge in [0.15, 0.2) is 0 Å². The summed E-state index contributed by atoms with van der Waals surface area (Å²) in [7, 11) is 0. The fraction of sp³-hybridized carbons (Fsp3) is 0.263. The van der Waals surface area contributed by atoms with Gasteiger partial charge in [0.1, 0.15) is 11.8 Å². The number of rotatable bonds is 7.